The summed E-state index contributed by atoms with van der Waals surface area (Å²) in [5.41, 5.74) is -0.388. The lowest BCUT2D eigenvalue weighted by molar-refractivity contribution is -0.394. The molecule has 0 aliphatic heterocycles. The van der Waals surface area contributed by atoms with Gasteiger partial charge in [-0.3, -0.25) is 20.2 Å². The van der Waals surface area contributed by atoms with Gasteiger partial charge < -0.3 is 5.11 Å². The van der Waals surface area contributed by atoms with Gasteiger partial charge in [-0.25, -0.2) is 0 Å². The Balaban J connectivity index is 3.32. The van der Waals surface area contributed by atoms with Crippen LogP contribution in [0.4, 0.5) is 11.4 Å². The average Bonchev–Trinajstić information content (AvgIpc) is 2.26. The minimum atomic E-state index is -0.768. The molecule has 92 valence electrons. The Kier molecular flexibility index (Phi) is 3.74. The van der Waals surface area contributed by atoms with Gasteiger partial charge in [0, 0.05) is 17.5 Å². The van der Waals surface area contributed by atoms with Crippen molar-refractivity contribution in [3.05, 3.63) is 44.0 Å². The van der Waals surface area contributed by atoms with Crippen LogP contribution in [0.5, 0.6) is 0 Å². The van der Waals surface area contributed by atoms with Crippen molar-refractivity contribution in [2.24, 2.45) is 0 Å². The van der Waals surface area contributed by atoms with Crippen LogP contribution in [0.3, 0.4) is 0 Å². The lowest BCUT2D eigenvalue weighted by Gasteiger charge is -2.14. The van der Waals surface area contributed by atoms with Gasteiger partial charge in [0.15, 0.2) is 0 Å². The highest BCUT2D eigenvalue weighted by Gasteiger charge is 2.25. The van der Waals surface area contributed by atoms with Gasteiger partial charge in [0.1, 0.15) is 0 Å². The third-order valence-electron chi connectivity index (χ3n) is 2.64. The normalized spacial score (nSPS) is 14.1. The predicted octanol–water partition coefficient (Wildman–Crippen LogP) is 1.99. The smallest absolute Gasteiger partial charge is 0.279 e. The van der Waals surface area contributed by atoms with Crippen LogP contribution in [0, 0.1) is 20.2 Å². The largest absolute Gasteiger partial charge is 0.393 e. The molecule has 0 saturated carbocycles. The molecule has 7 heteroatoms. The Morgan fingerprint density at radius 3 is 2.18 bits per heavy atom. The maximum atomic E-state index is 10.8. The molecule has 0 amide bonds. The van der Waals surface area contributed by atoms with E-state index in [2.05, 4.69) is 0 Å². The van der Waals surface area contributed by atoms with E-state index < -0.39 is 21.9 Å². The van der Waals surface area contributed by atoms with Crippen molar-refractivity contribution in [1.82, 2.24) is 0 Å². The molecule has 0 aliphatic rings. The molecule has 17 heavy (non-hydrogen) atoms. The van der Waals surface area contributed by atoms with Crippen molar-refractivity contribution in [2.75, 3.05) is 0 Å². The summed E-state index contributed by atoms with van der Waals surface area (Å²) < 4.78 is 0. The van der Waals surface area contributed by atoms with E-state index in [-0.39, 0.29) is 16.9 Å². The van der Waals surface area contributed by atoms with Gasteiger partial charge >= 0.3 is 0 Å². The van der Waals surface area contributed by atoms with E-state index in [0.717, 1.165) is 6.07 Å². The molecule has 0 saturated heterocycles. The molecule has 7 nitrogen and oxygen atoms in total. The fourth-order valence-corrected chi connectivity index (χ4v) is 1.45. The molecular weight excluding hydrogens is 228 g/mol. The molecule has 1 N–H and O–H groups in total. The summed E-state index contributed by atoms with van der Waals surface area (Å²) in [7, 11) is 0. The summed E-state index contributed by atoms with van der Waals surface area (Å²) in [4.78, 5) is 20.0. The highest BCUT2D eigenvalue weighted by atomic mass is 16.6. The van der Waals surface area contributed by atoms with Crippen LogP contribution in [-0.4, -0.2) is 21.1 Å². The third-order valence-corrected chi connectivity index (χ3v) is 2.64. The Hall–Kier alpha value is -2.02. The zero-order valence-electron chi connectivity index (χ0n) is 9.36. The third kappa shape index (κ3) is 2.76. The van der Waals surface area contributed by atoms with E-state index in [9.17, 15) is 25.3 Å². The summed E-state index contributed by atoms with van der Waals surface area (Å²) >= 11 is 0. The molecule has 1 aromatic carbocycles. The number of aliphatic hydroxyl groups is 1. The molecule has 0 aliphatic carbocycles. The molecule has 2 atom stereocenters. The number of nitro groups is 2. The summed E-state index contributed by atoms with van der Waals surface area (Å²) in [5.74, 6) is -0.462. The molecule has 0 aromatic heterocycles. The van der Waals surface area contributed by atoms with Crippen molar-refractivity contribution < 1.29 is 15.0 Å². The predicted molar refractivity (Wildman–Crippen MR) is 59.8 cm³/mol. The standard InChI is InChI=1S/C10H12N2O5/c1-6(7(2)13)9-4-3-8(11(14)15)5-10(9)12(16)17/h3-7,13H,1-2H3. The lowest BCUT2D eigenvalue weighted by Crippen LogP contribution is -2.12. The van der Waals surface area contributed by atoms with Crippen molar-refractivity contribution in [3.63, 3.8) is 0 Å². The van der Waals surface area contributed by atoms with Crippen LogP contribution < -0.4 is 0 Å². The lowest BCUT2D eigenvalue weighted by atomic mass is 9.94. The molecule has 0 spiro atoms. The zero-order chi connectivity index (χ0) is 13.2. The monoisotopic (exact) mass is 240 g/mol. The second-order valence-electron chi connectivity index (χ2n) is 3.79. The number of benzene rings is 1. The van der Waals surface area contributed by atoms with E-state index in [4.69, 9.17) is 0 Å². The second-order valence-corrected chi connectivity index (χ2v) is 3.79. The first-order valence-electron chi connectivity index (χ1n) is 4.95. The number of hydrogen-bond acceptors (Lipinski definition) is 5. The minimum Gasteiger partial charge on any atom is -0.393 e. The first-order valence-corrected chi connectivity index (χ1v) is 4.95. The van der Waals surface area contributed by atoms with Crippen LogP contribution in [-0.2, 0) is 0 Å². The fourth-order valence-electron chi connectivity index (χ4n) is 1.45. The topological polar surface area (TPSA) is 107 Å². The molecule has 0 bridgehead atoms. The number of non-ortho nitro benzene ring substituents is 1. The van der Waals surface area contributed by atoms with Crippen molar-refractivity contribution in [3.8, 4) is 0 Å². The summed E-state index contributed by atoms with van der Waals surface area (Å²) in [6.45, 7) is 3.13. The Labute approximate surface area is 97.0 Å². The quantitative estimate of drug-likeness (QED) is 0.639. The van der Waals surface area contributed by atoms with Gasteiger partial charge in [0.2, 0.25) is 0 Å². The van der Waals surface area contributed by atoms with Gasteiger partial charge in [-0.15, -0.1) is 0 Å². The summed E-state index contributed by atoms with van der Waals surface area (Å²) in [5, 5.41) is 30.8. The van der Waals surface area contributed by atoms with Gasteiger partial charge in [-0.1, -0.05) is 6.92 Å². The van der Waals surface area contributed by atoms with E-state index in [0.29, 0.717) is 0 Å². The maximum Gasteiger partial charge on any atom is 0.279 e. The molecule has 0 fully saturated rings. The second kappa shape index (κ2) is 4.88. The van der Waals surface area contributed by atoms with Gasteiger partial charge in [0.25, 0.3) is 11.4 Å². The van der Waals surface area contributed by atoms with Crippen molar-refractivity contribution >= 4 is 11.4 Å². The highest BCUT2D eigenvalue weighted by Crippen LogP contribution is 2.31. The molecule has 1 rings (SSSR count). The molecule has 2 unspecified atom stereocenters. The van der Waals surface area contributed by atoms with Gasteiger partial charge in [-0.05, 0) is 13.0 Å². The van der Waals surface area contributed by atoms with Crippen LogP contribution >= 0.6 is 0 Å². The molecule has 1 aromatic rings. The van der Waals surface area contributed by atoms with Gasteiger partial charge in [0.05, 0.1) is 22.0 Å². The minimum absolute atomic E-state index is 0.288. The van der Waals surface area contributed by atoms with Gasteiger partial charge in [-0.2, -0.15) is 0 Å². The maximum absolute atomic E-state index is 10.8. The molecule has 0 heterocycles. The Morgan fingerprint density at radius 1 is 1.18 bits per heavy atom. The van der Waals surface area contributed by atoms with Crippen molar-refractivity contribution in [2.45, 2.75) is 25.9 Å². The number of rotatable bonds is 4. The zero-order valence-corrected chi connectivity index (χ0v) is 9.36. The summed E-state index contributed by atoms with van der Waals surface area (Å²) in [6.07, 6.45) is -0.768. The van der Waals surface area contributed by atoms with Crippen LogP contribution in [0.15, 0.2) is 18.2 Å². The summed E-state index contributed by atoms with van der Waals surface area (Å²) in [6, 6.07) is 3.42. The number of nitrogens with zero attached hydrogens (tertiary/aromatic N) is 2. The van der Waals surface area contributed by atoms with E-state index in [1.54, 1.807) is 6.92 Å². The van der Waals surface area contributed by atoms with E-state index in [1.165, 1.54) is 19.1 Å². The van der Waals surface area contributed by atoms with Crippen LogP contribution in [0.2, 0.25) is 0 Å². The number of aliphatic hydroxyl groups excluding tert-OH is 1. The fraction of sp³-hybridized carbons (Fsp3) is 0.400. The van der Waals surface area contributed by atoms with E-state index >= 15 is 0 Å². The van der Waals surface area contributed by atoms with E-state index in [1.807, 2.05) is 0 Å². The molecule has 0 radical (unpaired) electrons. The molecular formula is C10H12N2O5. The first-order chi connectivity index (χ1) is 7.84. The Bertz CT molecular complexity index is 458. The number of nitro benzene ring substituents is 2. The van der Waals surface area contributed by atoms with Crippen LogP contribution in [0.1, 0.15) is 25.3 Å². The highest BCUT2D eigenvalue weighted by molar-refractivity contribution is 5.50. The van der Waals surface area contributed by atoms with Crippen molar-refractivity contribution in [1.29, 1.82) is 0 Å². The SMILES string of the molecule is CC(O)C(C)c1ccc([N+](=O)[O-])cc1[N+](=O)[O-]. The average molecular weight is 240 g/mol. The Morgan fingerprint density at radius 2 is 1.76 bits per heavy atom. The first kappa shape index (κ1) is 13.0. The van der Waals surface area contributed by atoms with Crippen LogP contribution in [0.25, 0.3) is 0 Å². The number of hydrogen-bond donors (Lipinski definition) is 1.